The Balaban J connectivity index is 1.34. The zero-order chi connectivity index (χ0) is 29.6. The summed E-state index contributed by atoms with van der Waals surface area (Å²) in [6.07, 6.45) is -0.736. The number of rotatable bonds is 5. The van der Waals surface area contributed by atoms with E-state index in [1.54, 1.807) is 19.3 Å². The van der Waals surface area contributed by atoms with Crippen LogP contribution in [0.25, 0.3) is 5.82 Å². The van der Waals surface area contributed by atoms with Crippen molar-refractivity contribution in [3.05, 3.63) is 47.5 Å². The molecule has 6 rings (SSSR count). The maximum absolute atomic E-state index is 13.3. The molecule has 1 saturated carbocycles. The lowest BCUT2D eigenvalue weighted by Crippen LogP contribution is -2.42. The van der Waals surface area contributed by atoms with Crippen LogP contribution in [0.1, 0.15) is 61.8 Å². The molecule has 2 bridgehead atoms. The summed E-state index contributed by atoms with van der Waals surface area (Å²) in [6, 6.07) is 4.66. The van der Waals surface area contributed by atoms with Crippen LogP contribution < -0.4 is 9.62 Å². The summed E-state index contributed by atoms with van der Waals surface area (Å²) in [6.45, 7) is 5.85. The van der Waals surface area contributed by atoms with Gasteiger partial charge in [-0.25, -0.2) is 22.8 Å². The average Bonchev–Trinajstić information content (AvgIpc) is 3.21. The van der Waals surface area contributed by atoms with Gasteiger partial charge in [-0.2, -0.15) is 23.4 Å². The Morgan fingerprint density at radius 3 is 2.56 bits per heavy atom. The molecule has 0 radical (unpaired) electrons. The highest BCUT2D eigenvalue weighted by Crippen LogP contribution is 2.57. The number of pyridine rings is 1. The number of nitrogens with one attached hydrogen (secondary N) is 1. The van der Waals surface area contributed by atoms with Gasteiger partial charge in [0, 0.05) is 30.7 Å². The summed E-state index contributed by atoms with van der Waals surface area (Å²) >= 11 is 0. The third-order valence-corrected chi connectivity index (χ3v) is 9.71. The maximum atomic E-state index is 13.3. The zero-order valence-corrected chi connectivity index (χ0v) is 23.8. The van der Waals surface area contributed by atoms with E-state index in [-0.39, 0.29) is 29.9 Å². The van der Waals surface area contributed by atoms with Crippen LogP contribution in [-0.2, 0) is 33.8 Å². The Labute approximate surface area is 234 Å². The SMILES string of the molecule is Cn1ncc2c1[C@@]1(C)CN(c3nc(-n4ccc(COCC5(C(F)(F)F)CC5)n4)ccc3C(=O)NS2(=O)=O)C(C)(C)C1. The van der Waals surface area contributed by atoms with Crippen LogP contribution in [0.2, 0.25) is 0 Å². The van der Waals surface area contributed by atoms with E-state index in [0.717, 1.165) is 0 Å². The van der Waals surface area contributed by atoms with Crippen molar-refractivity contribution in [3.63, 3.8) is 0 Å². The summed E-state index contributed by atoms with van der Waals surface area (Å²) in [5.74, 6) is -0.181. The molecule has 2 aliphatic heterocycles. The lowest BCUT2D eigenvalue weighted by molar-refractivity contribution is -0.202. The van der Waals surface area contributed by atoms with Crippen LogP contribution in [0.5, 0.6) is 0 Å². The summed E-state index contributed by atoms with van der Waals surface area (Å²) in [4.78, 5) is 20.1. The summed E-state index contributed by atoms with van der Waals surface area (Å²) in [5, 5.41) is 8.62. The predicted molar refractivity (Wildman–Crippen MR) is 140 cm³/mol. The van der Waals surface area contributed by atoms with Gasteiger partial charge in [0.15, 0.2) is 5.82 Å². The molecule has 3 aromatic heterocycles. The van der Waals surface area contributed by atoms with Crippen LogP contribution >= 0.6 is 0 Å². The van der Waals surface area contributed by atoms with E-state index in [2.05, 4.69) is 14.9 Å². The van der Waals surface area contributed by atoms with Gasteiger partial charge in [0.05, 0.1) is 41.8 Å². The van der Waals surface area contributed by atoms with Gasteiger partial charge in [-0.15, -0.1) is 0 Å². The topological polar surface area (TPSA) is 124 Å². The third-order valence-electron chi connectivity index (χ3n) is 8.38. The number of amides is 1. The highest BCUT2D eigenvalue weighted by molar-refractivity contribution is 7.90. The second kappa shape index (κ2) is 8.77. The molecule has 1 amide bonds. The van der Waals surface area contributed by atoms with Crippen molar-refractivity contribution in [3.8, 4) is 5.82 Å². The molecule has 3 aliphatic rings. The number of aryl methyl sites for hydroxylation is 1. The van der Waals surface area contributed by atoms with Gasteiger partial charge in [0.1, 0.15) is 10.7 Å². The highest BCUT2D eigenvalue weighted by Gasteiger charge is 2.63. The summed E-state index contributed by atoms with van der Waals surface area (Å²) in [7, 11) is -2.55. The smallest absolute Gasteiger partial charge is 0.374 e. The lowest BCUT2D eigenvalue weighted by atomic mass is 9.81. The summed E-state index contributed by atoms with van der Waals surface area (Å²) < 4.78 is 76.8. The molecule has 2 fully saturated rings. The number of hydrogen-bond acceptors (Lipinski definition) is 8. The van der Waals surface area contributed by atoms with Gasteiger partial charge < -0.3 is 9.64 Å². The van der Waals surface area contributed by atoms with Crippen molar-refractivity contribution in [2.24, 2.45) is 12.5 Å². The Morgan fingerprint density at radius 2 is 1.88 bits per heavy atom. The number of alkyl halides is 3. The van der Waals surface area contributed by atoms with Crippen molar-refractivity contribution >= 4 is 21.7 Å². The molecule has 3 aromatic rings. The molecule has 15 heteroatoms. The molecule has 1 atom stereocenters. The van der Waals surface area contributed by atoms with Crippen LogP contribution in [0.15, 0.2) is 35.5 Å². The fraction of sp³-hybridized carbons (Fsp3) is 0.538. The van der Waals surface area contributed by atoms with E-state index in [1.807, 2.05) is 25.7 Å². The number of ether oxygens (including phenoxy) is 1. The minimum absolute atomic E-state index is 0.0318. The van der Waals surface area contributed by atoms with Crippen molar-refractivity contribution in [2.75, 3.05) is 18.1 Å². The van der Waals surface area contributed by atoms with E-state index in [4.69, 9.17) is 9.72 Å². The van der Waals surface area contributed by atoms with Gasteiger partial charge in [-0.05, 0) is 51.3 Å². The predicted octanol–water partition coefficient (Wildman–Crippen LogP) is 3.24. The van der Waals surface area contributed by atoms with E-state index < -0.39 is 45.1 Å². The van der Waals surface area contributed by atoms with Crippen LogP contribution in [0.4, 0.5) is 19.0 Å². The standard InChI is InChI=1S/C26H30F3N7O4S/c1-23(2)13-24(3)14-35(23)21-17(22(37)33-41(38,39)18-11-30-34(4)20(18)24)5-6-19(31-21)36-10-7-16(32-36)12-40-15-25(8-9-25)26(27,28)29/h5-7,10-11H,8-9,12-15H2,1-4H3,(H,33,37)/t24-/m1/s1. The van der Waals surface area contributed by atoms with Crippen molar-refractivity contribution < 1.29 is 31.1 Å². The number of carbonyl (C=O) groups excluding carboxylic acids is 1. The van der Waals surface area contributed by atoms with Crippen molar-refractivity contribution in [1.29, 1.82) is 0 Å². The molecule has 1 N–H and O–H groups in total. The molecule has 220 valence electrons. The van der Waals surface area contributed by atoms with Gasteiger partial charge in [-0.3, -0.25) is 9.48 Å². The Morgan fingerprint density at radius 1 is 1.15 bits per heavy atom. The van der Waals surface area contributed by atoms with Crippen molar-refractivity contribution in [2.45, 2.75) is 68.7 Å². The van der Waals surface area contributed by atoms with E-state index in [1.165, 1.54) is 27.7 Å². The molecule has 5 heterocycles. The van der Waals surface area contributed by atoms with E-state index >= 15 is 0 Å². The fourth-order valence-electron chi connectivity index (χ4n) is 6.25. The van der Waals surface area contributed by atoms with Gasteiger partial charge in [-0.1, -0.05) is 6.92 Å². The first-order chi connectivity index (χ1) is 19.1. The Hall–Kier alpha value is -3.46. The van der Waals surface area contributed by atoms with Crippen LogP contribution in [-0.4, -0.2) is 63.7 Å². The number of fused-ring (bicyclic) bond motifs is 6. The lowest BCUT2D eigenvalue weighted by Gasteiger charge is -2.34. The minimum Gasteiger partial charge on any atom is -0.374 e. The van der Waals surface area contributed by atoms with Crippen LogP contribution in [0, 0.1) is 5.41 Å². The number of halogens is 3. The quantitative estimate of drug-likeness (QED) is 0.478. The minimum atomic E-state index is -4.29. The van der Waals surface area contributed by atoms with Crippen molar-refractivity contribution in [1.82, 2.24) is 29.3 Å². The van der Waals surface area contributed by atoms with Gasteiger partial charge in [0.2, 0.25) is 0 Å². The molecular formula is C26H30F3N7O4S. The molecule has 1 saturated heterocycles. The van der Waals surface area contributed by atoms with Crippen LogP contribution in [0.3, 0.4) is 0 Å². The van der Waals surface area contributed by atoms with Gasteiger partial charge >= 0.3 is 6.18 Å². The first kappa shape index (κ1) is 27.7. The highest BCUT2D eigenvalue weighted by atomic mass is 32.2. The maximum Gasteiger partial charge on any atom is 0.396 e. The third kappa shape index (κ3) is 4.49. The first-order valence-electron chi connectivity index (χ1n) is 13.1. The first-order valence-corrected chi connectivity index (χ1v) is 14.6. The number of hydrogen-bond donors (Lipinski definition) is 1. The number of nitrogens with zero attached hydrogens (tertiary/aromatic N) is 6. The zero-order valence-electron chi connectivity index (χ0n) is 23.0. The van der Waals surface area contributed by atoms with E-state index in [0.29, 0.717) is 36.0 Å². The Kier molecular flexibility index (Phi) is 5.93. The summed E-state index contributed by atoms with van der Waals surface area (Å²) in [5.41, 5.74) is -1.91. The second-order valence-corrected chi connectivity index (χ2v) is 13.8. The second-order valence-electron chi connectivity index (χ2n) is 12.1. The van der Waals surface area contributed by atoms with E-state index in [9.17, 15) is 26.4 Å². The monoisotopic (exact) mass is 593 g/mol. The number of anilines is 1. The largest absolute Gasteiger partial charge is 0.396 e. The number of aromatic nitrogens is 5. The number of carbonyl (C=O) groups is 1. The molecule has 0 unspecified atom stereocenters. The molecule has 0 spiro atoms. The van der Waals surface area contributed by atoms with Gasteiger partial charge in [0.25, 0.3) is 15.9 Å². The number of sulfonamides is 1. The molecular weight excluding hydrogens is 563 g/mol. The molecule has 11 nitrogen and oxygen atoms in total. The average molecular weight is 594 g/mol. The molecule has 1 aliphatic carbocycles. The Bertz CT molecular complexity index is 1660. The normalized spacial score (nSPS) is 24.0. The molecule has 0 aromatic carbocycles. The fourth-order valence-corrected chi connectivity index (χ4v) is 7.53. The molecule has 41 heavy (non-hydrogen) atoms.